The van der Waals surface area contributed by atoms with E-state index in [4.69, 9.17) is 4.52 Å². The van der Waals surface area contributed by atoms with Gasteiger partial charge in [-0.1, -0.05) is 29.4 Å². The molecule has 2 heterocycles. The fourth-order valence-corrected chi connectivity index (χ4v) is 3.49. The average Bonchev–Trinajstić information content (AvgIpc) is 3.46. The molecule has 3 aromatic rings. The number of carboxylic acid groups (broad SMARTS) is 1. The van der Waals surface area contributed by atoms with Gasteiger partial charge in [0, 0.05) is 23.9 Å². The minimum absolute atomic E-state index is 0.0420. The molecule has 1 aliphatic heterocycles. The number of carbonyl (C=O) groups is 3. The maximum atomic E-state index is 13.6. The standard InChI is InChI=1S/C22H19FN4O5/c23-15-4-1-2-5-16(15)25-22(31)24-14-9-7-13(8-10-14)17-12-19(32-26-17)20(28)27-11-3-6-18(27)21(29)30/h1-2,4-5,7-10,12,18H,3,6,11H2,(H,29,30)(H2,24,25,31). The molecule has 1 fully saturated rings. The highest BCUT2D eigenvalue weighted by Gasteiger charge is 2.36. The third kappa shape index (κ3) is 4.43. The second-order valence-corrected chi connectivity index (χ2v) is 7.21. The van der Waals surface area contributed by atoms with Gasteiger partial charge in [0.2, 0.25) is 5.76 Å². The van der Waals surface area contributed by atoms with Crippen LogP contribution < -0.4 is 10.6 Å². The Bertz CT molecular complexity index is 1160. The highest BCUT2D eigenvalue weighted by Crippen LogP contribution is 2.25. The topological polar surface area (TPSA) is 125 Å². The molecule has 1 atom stereocenters. The van der Waals surface area contributed by atoms with Crippen LogP contribution in [0.4, 0.5) is 20.6 Å². The SMILES string of the molecule is O=C(Nc1ccc(-c2cc(C(=O)N3CCCC3C(=O)O)on2)cc1)Nc1ccccc1F. The summed E-state index contributed by atoms with van der Waals surface area (Å²) in [5.41, 5.74) is 1.54. The minimum Gasteiger partial charge on any atom is -0.480 e. The predicted molar refractivity (Wildman–Crippen MR) is 113 cm³/mol. The van der Waals surface area contributed by atoms with Crippen molar-refractivity contribution in [2.24, 2.45) is 0 Å². The van der Waals surface area contributed by atoms with Gasteiger partial charge >= 0.3 is 12.0 Å². The monoisotopic (exact) mass is 438 g/mol. The Labute approximate surface area is 181 Å². The molecule has 3 amide bonds. The lowest BCUT2D eigenvalue weighted by atomic mass is 10.1. The Hall–Kier alpha value is -4.21. The van der Waals surface area contributed by atoms with E-state index in [-0.39, 0.29) is 11.4 Å². The average molecular weight is 438 g/mol. The molecule has 2 aromatic carbocycles. The fourth-order valence-electron chi connectivity index (χ4n) is 3.49. The smallest absolute Gasteiger partial charge is 0.326 e. The van der Waals surface area contributed by atoms with Crippen LogP contribution in [-0.4, -0.2) is 45.7 Å². The molecule has 10 heteroatoms. The van der Waals surface area contributed by atoms with Crippen molar-refractivity contribution in [3.05, 3.63) is 66.2 Å². The minimum atomic E-state index is -1.04. The number of carbonyl (C=O) groups excluding carboxylic acids is 2. The maximum absolute atomic E-state index is 13.6. The molecule has 0 saturated carbocycles. The van der Waals surface area contributed by atoms with Gasteiger partial charge in [-0.2, -0.15) is 0 Å². The summed E-state index contributed by atoms with van der Waals surface area (Å²) in [6.07, 6.45) is 1.02. The number of carboxylic acids is 1. The summed E-state index contributed by atoms with van der Waals surface area (Å²) in [6.45, 7) is 0.348. The van der Waals surface area contributed by atoms with Crippen molar-refractivity contribution in [1.82, 2.24) is 10.1 Å². The van der Waals surface area contributed by atoms with E-state index < -0.39 is 29.8 Å². The van der Waals surface area contributed by atoms with E-state index in [1.54, 1.807) is 30.3 Å². The molecule has 1 saturated heterocycles. The Kier molecular flexibility index (Phi) is 5.84. The Morgan fingerprint density at radius 3 is 2.56 bits per heavy atom. The molecule has 0 radical (unpaired) electrons. The number of likely N-dealkylation sites (tertiary alicyclic amines) is 1. The van der Waals surface area contributed by atoms with E-state index in [0.717, 1.165) is 0 Å². The summed E-state index contributed by atoms with van der Waals surface area (Å²) in [6, 6.07) is 12.4. The first-order valence-electron chi connectivity index (χ1n) is 9.86. The molecule has 4 rings (SSSR count). The summed E-state index contributed by atoms with van der Waals surface area (Å²) in [5, 5.41) is 18.2. The molecule has 1 aliphatic rings. The number of nitrogens with one attached hydrogen (secondary N) is 2. The van der Waals surface area contributed by atoms with Crippen LogP contribution in [0.3, 0.4) is 0 Å². The van der Waals surface area contributed by atoms with Crippen molar-refractivity contribution in [1.29, 1.82) is 0 Å². The number of nitrogens with zero attached hydrogens (tertiary/aromatic N) is 2. The van der Waals surface area contributed by atoms with Crippen molar-refractivity contribution in [3.8, 4) is 11.3 Å². The van der Waals surface area contributed by atoms with Crippen LogP contribution in [0.1, 0.15) is 23.4 Å². The van der Waals surface area contributed by atoms with E-state index in [9.17, 15) is 23.9 Å². The molecule has 1 aromatic heterocycles. The van der Waals surface area contributed by atoms with Crippen LogP contribution in [0.5, 0.6) is 0 Å². The number of benzene rings is 2. The fraction of sp³-hybridized carbons (Fsp3) is 0.182. The molecule has 32 heavy (non-hydrogen) atoms. The van der Waals surface area contributed by atoms with Gasteiger partial charge in [0.05, 0.1) is 5.69 Å². The van der Waals surface area contributed by atoms with Crippen molar-refractivity contribution in [2.75, 3.05) is 17.2 Å². The van der Waals surface area contributed by atoms with Crippen LogP contribution in [0.15, 0.2) is 59.1 Å². The summed E-state index contributed by atoms with van der Waals surface area (Å²) < 4.78 is 18.8. The second kappa shape index (κ2) is 8.88. The number of para-hydroxylation sites is 1. The summed E-state index contributed by atoms with van der Waals surface area (Å²) in [5.74, 6) is -2.15. The third-order valence-electron chi connectivity index (χ3n) is 5.08. The highest BCUT2D eigenvalue weighted by molar-refractivity contribution is 6.00. The normalized spacial score (nSPS) is 15.4. The number of rotatable bonds is 5. The zero-order valence-electron chi connectivity index (χ0n) is 16.7. The zero-order valence-corrected chi connectivity index (χ0v) is 16.7. The van der Waals surface area contributed by atoms with E-state index in [1.165, 1.54) is 29.2 Å². The van der Waals surface area contributed by atoms with Crippen LogP contribution in [0.2, 0.25) is 0 Å². The van der Waals surface area contributed by atoms with Crippen LogP contribution in [0, 0.1) is 5.82 Å². The molecule has 1 unspecified atom stereocenters. The zero-order chi connectivity index (χ0) is 22.7. The van der Waals surface area contributed by atoms with Gasteiger partial charge in [0.15, 0.2) is 0 Å². The number of aromatic nitrogens is 1. The summed E-state index contributed by atoms with van der Waals surface area (Å²) in [4.78, 5) is 37.3. The first-order valence-corrected chi connectivity index (χ1v) is 9.86. The van der Waals surface area contributed by atoms with Gasteiger partial charge < -0.3 is 25.2 Å². The molecule has 9 nitrogen and oxygen atoms in total. The van der Waals surface area contributed by atoms with Gasteiger partial charge in [-0.25, -0.2) is 14.0 Å². The molecule has 3 N–H and O–H groups in total. The van der Waals surface area contributed by atoms with E-state index in [0.29, 0.717) is 36.3 Å². The Balaban J connectivity index is 1.41. The first-order chi connectivity index (χ1) is 15.4. The molecule has 0 spiro atoms. The molecule has 0 bridgehead atoms. The number of aliphatic carboxylic acids is 1. The first kappa shape index (κ1) is 21.0. The number of hydrogen-bond donors (Lipinski definition) is 3. The van der Waals surface area contributed by atoms with Crippen LogP contribution in [0.25, 0.3) is 11.3 Å². The van der Waals surface area contributed by atoms with Crippen molar-refractivity contribution < 1.29 is 28.4 Å². The van der Waals surface area contributed by atoms with Crippen LogP contribution >= 0.6 is 0 Å². The third-order valence-corrected chi connectivity index (χ3v) is 5.08. The van der Waals surface area contributed by atoms with Crippen LogP contribution in [-0.2, 0) is 4.79 Å². The highest BCUT2D eigenvalue weighted by atomic mass is 19.1. The molecule has 0 aliphatic carbocycles. The summed E-state index contributed by atoms with van der Waals surface area (Å²) >= 11 is 0. The molecular weight excluding hydrogens is 419 g/mol. The number of halogens is 1. The van der Waals surface area contributed by atoms with Crippen molar-refractivity contribution in [3.63, 3.8) is 0 Å². The molecule has 164 valence electrons. The van der Waals surface area contributed by atoms with E-state index in [2.05, 4.69) is 15.8 Å². The maximum Gasteiger partial charge on any atom is 0.326 e. The number of urea groups is 1. The van der Waals surface area contributed by atoms with Crippen molar-refractivity contribution >= 4 is 29.3 Å². The van der Waals surface area contributed by atoms with Gasteiger partial charge in [-0.15, -0.1) is 0 Å². The largest absolute Gasteiger partial charge is 0.480 e. The lowest BCUT2D eigenvalue weighted by molar-refractivity contribution is -0.141. The lowest BCUT2D eigenvalue weighted by Crippen LogP contribution is -2.40. The Morgan fingerprint density at radius 1 is 1.09 bits per heavy atom. The lowest BCUT2D eigenvalue weighted by Gasteiger charge is -2.19. The van der Waals surface area contributed by atoms with Gasteiger partial charge in [0.25, 0.3) is 5.91 Å². The number of hydrogen-bond acceptors (Lipinski definition) is 5. The predicted octanol–water partition coefficient (Wildman–Crippen LogP) is 3.81. The molecular formula is C22H19FN4O5. The van der Waals surface area contributed by atoms with Gasteiger partial charge in [0.1, 0.15) is 17.6 Å². The summed E-state index contributed by atoms with van der Waals surface area (Å²) in [7, 11) is 0. The number of anilines is 2. The van der Waals surface area contributed by atoms with E-state index >= 15 is 0 Å². The second-order valence-electron chi connectivity index (χ2n) is 7.21. The van der Waals surface area contributed by atoms with Gasteiger partial charge in [-0.05, 0) is 37.1 Å². The quantitative estimate of drug-likeness (QED) is 0.556. The van der Waals surface area contributed by atoms with Crippen molar-refractivity contribution in [2.45, 2.75) is 18.9 Å². The van der Waals surface area contributed by atoms with Gasteiger partial charge in [-0.3, -0.25) is 4.79 Å². The van der Waals surface area contributed by atoms with E-state index in [1.807, 2.05) is 0 Å². The Morgan fingerprint density at radius 2 is 1.84 bits per heavy atom. The number of amides is 3.